The van der Waals surface area contributed by atoms with Crippen LogP contribution in [0.25, 0.3) is 11.0 Å². The predicted molar refractivity (Wildman–Crippen MR) is 77.2 cm³/mol. The molecule has 0 aliphatic carbocycles. The fourth-order valence-electron chi connectivity index (χ4n) is 1.81. The molecule has 0 saturated carbocycles. The van der Waals surface area contributed by atoms with Gasteiger partial charge in [0.25, 0.3) is 0 Å². The zero-order chi connectivity index (χ0) is 14.0. The van der Waals surface area contributed by atoms with Gasteiger partial charge in [-0.2, -0.15) is 0 Å². The lowest BCUT2D eigenvalue weighted by Gasteiger charge is -2.22. The second kappa shape index (κ2) is 4.96. The van der Waals surface area contributed by atoms with Crippen molar-refractivity contribution in [3.8, 4) is 0 Å². The minimum Gasteiger partial charge on any atom is -0.311 e. The topological polar surface area (TPSA) is 54.9 Å². The van der Waals surface area contributed by atoms with E-state index in [1.165, 1.54) is 6.92 Å². The van der Waals surface area contributed by atoms with Gasteiger partial charge >= 0.3 is 0 Å². The number of nitrogens with one attached hydrogen (secondary N) is 1. The number of nitrogens with zero attached hydrogens (tertiary/aromatic N) is 2. The van der Waals surface area contributed by atoms with Gasteiger partial charge < -0.3 is 5.32 Å². The second-order valence-electron chi connectivity index (χ2n) is 5.36. The van der Waals surface area contributed by atoms with E-state index in [9.17, 15) is 4.79 Å². The first-order valence-electron chi connectivity index (χ1n) is 6.48. The Hall–Kier alpha value is -1.97. The Bertz CT molecular complexity index is 620. The standard InChI is InChI=1S/C15H19N3O/c1-5-15(3,4)12-8-6-11-7-9-13(16-10(2)19)18-14(11)17-12/h6-9H,5H2,1-4H3,(H,16,17,18,19). The van der Waals surface area contributed by atoms with E-state index < -0.39 is 0 Å². The lowest BCUT2D eigenvalue weighted by Crippen LogP contribution is -2.17. The van der Waals surface area contributed by atoms with Gasteiger partial charge in [0, 0.05) is 23.4 Å². The van der Waals surface area contributed by atoms with Crippen LogP contribution in [-0.4, -0.2) is 15.9 Å². The number of aromatic nitrogens is 2. The third-order valence-electron chi connectivity index (χ3n) is 3.43. The molecule has 2 aromatic rings. The summed E-state index contributed by atoms with van der Waals surface area (Å²) in [7, 11) is 0. The molecule has 0 radical (unpaired) electrons. The van der Waals surface area contributed by atoms with Gasteiger partial charge in [0.05, 0.1) is 0 Å². The largest absolute Gasteiger partial charge is 0.311 e. The molecular formula is C15H19N3O. The molecule has 0 atom stereocenters. The maximum atomic E-state index is 11.1. The van der Waals surface area contributed by atoms with Crippen molar-refractivity contribution >= 4 is 22.8 Å². The van der Waals surface area contributed by atoms with Gasteiger partial charge in [0.1, 0.15) is 5.82 Å². The average molecular weight is 257 g/mol. The minimum atomic E-state index is -0.128. The van der Waals surface area contributed by atoms with E-state index in [2.05, 4.69) is 36.1 Å². The van der Waals surface area contributed by atoms with Crippen LogP contribution in [0.2, 0.25) is 0 Å². The molecule has 0 bridgehead atoms. The van der Waals surface area contributed by atoms with Crippen LogP contribution in [0.1, 0.15) is 39.8 Å². The highest BCUT2D eigenvalue weighted by atomic mass is 16.1. The van der Waals surface area contributed by atoms with Crippen LogP contribution < -0.4 is 5.32 Å². The normalized spacial score (nSPS) is 11.6. The molecule has 2 aromatic heterocycles. The highest BCUT2D eigenvalue weighted by Gasteiger charge is 2.20. The molecule has 4 nitrogen and oxygen atoms in total. The summed E-state index contributed by atoms with van der Waals surface area (Å²) in [6.45, 7) is 7.95. The highest BCUT2D eigenvalue weighted by molar-refractivity contribution is 5.89. The van der Waals surface area contributed by atoms with Crippen LogP contribution in [-0.2, 0) is 10.2 Å². The third-order valence-corrected chi connectivity index (χ3v) is 3.43. The smallest absolute Gasteiger partial charge is 0.222 e. The van der Waals surface area contributed by atoms with E-state index >= 15 is 0 Å². The first-order valence-corrected chi connectivity index (χ1v) is 6.48. The Kier molecular flexibility index (Phi) is 3.51. The molecule has 19 heavy (non-hydrogen) atoms. The van der Waals surface area contributed by atoms with Crippen LogP contribution in [0.3, 0.4) is 0 Å². The van der Waals surface area contributed by atoms with Gasteiger partial charge in [-0.15, -0.1) is 0 Å². The van der Waals surface area contributed by atoms with Crippen molar-refractivity contribution in [2.75, 3.05) is 5.32 Å². The number of fused-ring (bicyclic) bond motifs is 1. The van der Waals surface area contributed by atoms with Gasteiger partial charge in [-0.25, -0.2) is 9.97 Å². The summed E-state index contributed by atoms with van der Waals surface area (Å²) in [5.74, 6) is 0.413. The van der Waals surface area contributed by atoms with Crippen molar-refractivity contribution in [3.63, 3.8) is 0 Å². The van der Waals surface area contributed by atoms with Gasteiger partial charge in [-0.05, 0) is 30.7 Å². The molecule has 100 valence electrons. The zero-order valence-corrected chi connectivity index (χ0v) is 11.8. The third kappa shape index (κ3) is 2.89. The molecule has 1 N–H and O–H groups in total. The van der Waals surface area contributed by atoms with Gasteiger partial charge in [-0.1, -0.05) is 20.8 Å². The Morgan fingerprint density at radius 2 is 1.89 bits per heavy atom. The quantitative estimate of drug-likeness (QED) is 0.918. The molecular weight excluding hydrogens is 238 g/mol. The van der Waals surface area contributed by atoms with Crippen molar-refractivity contribution in [1.82, 2.24) is 9.97 Å². The SMILES string of the molecule is CCC(C)(C)c1ccc2ccc(NC(C)=O)nc2n1. The fraction of sp³-hybridized carbons (Fsp3) is 0.400. The Morgan fingerprint density at radius 1 is 1.21 bits per heavy atom. The molecule has 0 fully saturated rings. The summed E-state index contributed by atoms with van der Waals surface area (Å²) in [5.41, 5.74) is 1.72. The van der Waals surface area contributed by atoms with Crippen molar-refractivity contribution in [2.24, 2.45) is 0 Å². The van der Waals surface area contributed by atoms with Crippen LogP contribution in [0.4, 0.5) is 5.82 Å². The summed E-state index contributed by atoms with van der Waals surface area (Å²) < 4.78 is 0. The molecule has 0 aliphatic heterocycles. The van der Waals surface area contributed by atoms with Crippen LogP contribution in [0.15, 0.2) is 24.3 Å². The van der Waals surface area contributed by atoms with E-state index in [0.717, 1.165) is 17.5 Å². The Balaban J connectivity index is 2.48. The zero-order valence-electron chi connectivity index (χ0n) is 11.8. The molecule has 0 saturated heterocycles. The van der Waals surface area contributed by atoms with Crippen LogP contribution in [0.5, 0.6) is 0 Å². The first-order chi connectivity index (χ1) is 8.92. The summed E-state index contributed by atoms with van der Waals surface area (Å²) >= 11 is 0. The summed E-state index contributed by atoms with van der Waals surface area (Å²) in [5, 5.41) is 3.66. The van der Waals surface area contributed by atoms with E-state index in [0.29, 0.717) is 11.5 Å². The molecule has 0 aliphatic rings. The molecule has 0 aromatic carbocycles. The van der Waals surface area contributed by atoms with E-state index in [4.69, 9.17) is 0 Å². The average Bonchev–Trinajstić information content (AvgIpc) is 2.37. The van der Waals surface area contributed by atoms with E-state index in [1.807, 2.05) is 18.2 Å². The lowest BCUT2D eigenvalue weighted by molar-refractivity contribution is -0.114. The molecule has 2 heterocycles. The number of rotatable bonds is 3. The second-order valence-corrected chi connectivity index (χ2v) is 5.36. The number of pyridine rings is 2. The number of hydrogen-bond acceptors (Lipinski definition) is 3. The maximum Gasteiger partial charge on any atom is 0.222 e. The van der Waals surface area contributed by atoms with E-state index in [1.54, 1.807) is 6.07 Å². The number of anilines is 1. The van der Waals surface area contributed by atoms with Crippen molar-refractivity contribution in [2.45, 2.75) is 39.5 Å². The molecule has 4 heteroatoms. The molecule has 1 amide bonds. The maximum absolute atomic E-state index is 11.1. The minimum absolute atomic E-state index is 0.0277. The Morgan fingerprint density at radius 3 is 2.53 bits per heavy atom. The molecule has 0 unspecified atom stereocenters. The first kappa shape index (κ1) is 13.5. The van der Waals surface area contributed by atoms with Crippen LogP contribution >= 0.6 is 0 Å². The van der Waals surface area contributed by atoms with Crippen molar-refractivity contribution in [1.29, 1.82) is 0 Å². The highest BCUT2D eigenvalue weighted by Crippen LogP contribution is 2.26. The summed E-state index contributed by atoms with van der Waals surface area (Å²) in [6.07, 6.45) is 1.01. The summed E-state index contributed by atoms with van der Waals surface area (Å²) in [6, 6.07) is 7.78. The number of hydrogen-bond donors (Lipinski definition) is 1. The van der Waals surface area contributed by atoms with Crippen molar-refractivity contribution < 1.29 is 4.79 Å². The molecule has 0 spiro atoms. The van der Waals surface area contributed by atoms with E-state index in [-0.39, 0.29) is 11.3 Å². The number of amides is 1. The van der Waals surface area contributed by atoms with Crippen molar-refractivity contribution in [3.05, 3.63) is 30.0 Å². The number of carbonyl (C=O) groups is 1. The van der Waals surface area contributed by atoms with Crippen LogP contribution in [0, 0.1) is 0 Å². The Labute approximate surface area is 113 Å². The fourth-order valence-corrected chi connectivity index (χ4v) is 1.81. The predicted octanol–water partition coefficient (Wildman–Crippen LogP) is 3.28. The lowest BCUT2D eigenvalue weighted by atomic mass is 9.86. The van der Waals surface area contributed by atoms with Gasteiger partial charge in [0.2, 0.25) is 5.91 Å². The number of carbonyl (C=O) groups excluding carboxylic acids is 1. The summed E-state index contributed by atoms with van der Waals surface area (Å²) in [4.78, 5) is 20.1. The van der Waals surface area contributed by atoms with Gasteiger partial charge in [0.15, 0.2) is 5.65 Å². The molecule has 2 rings (SSSR count). The van der Waals surface area contributed by atoms with Gasteiger partial charge in [-0.3, -0.25) is 4.79 Å². The monoisotopic (exact) mass is 257 g/mol.